The molecule has 19 heavy (non-hydrogen) atoms. The molecule has 0 bridgehead atoms. The van der Waals surface area contributed by atoms with Gasteiger partial charge in [0.05, 0.1) is 17.5 Å². The average molecular weight is 299 g/mol. The van der Waals surface area contributed by atoms with Crippen molar-refractivity contribution in [3.05, 3.63) is 64.4 Å². The maximum atomic E-state index is 13.4. The number of ether oxygens (including phenoxy) is 1. The summed E-state index contributed by atoms with van der Waals surface area (Å²) in [6.45, 7) is 0. The van der Waals surface area contributed by atoms with Crippen molar-refractivity contribution in [2.75, 3.05) is 7.11 Å². The van der Waals surface area contributed by atoms with Gasteiger partial charge in [-0.2, -0.15) is 0 Å². The fourth-order valence-electron chi connectivity index (χ4n) is 1.84. The Morgan fingerprint density at radius 3 is 2.47 bits per heavy atom. The molecule has 1 atom stereocenters. The number of benzene rings is 2. The summed E-state index contributed by atoms with van der Waals surface area (Å²) in [4.78, 5) is 0. The monoisotopic (exact) mass is 298 g/mol. The lowest BCUT2D eigenvalue weighted by Gasteiger charge is -2.12. The molecule has 100 valence electrons. The van der Waals surface area contributed by atoms with Crippen LogP contribution in [0.15, 0.2) is 42.5 Å². The zero-order chi connectivity index (χ0) is 13.8. The van der Waals surface area contributed by atoms with Gasteiger partial charge in [0.25, 0.3) is 0 Å². The Morgan fingerprint density at radius 1 is 1.16 bits per heavy atom. The van der Waals surface area contributed by atoms with Crippen LogP contribution in [0, 0.1) is 5.82 Å². The number of hydrogen-bond donors (Lipinski definition) is 0. The van der Waals surface area contributed by atoms with Crippen LogP contribution in [0.1, 0.15) is 16.5 Å². The van der Waals surface area contributed by atoms with Crippen molar-refractivity contribution in [2.45, 2.75) is 11.8 Å². The van der Waals surface area contributed by atoms with Crippen molar-refractivity contribution in [1.82, 2.24) is 0 Å². The topological polar surface area (TPSA) is 9.23 Å². The van der Waals surface area contributed by atoms with Crippen molar-refractivity contribution in [3.8, 4) is 5.75 Å². The maximum absolute atomic E-state index is 13.4. The summed E-state index contributed by atoms with van der Waals surface area (Å²) in [6, 6.07) is 12.3. The maximum Gasteiger partial charge on any atom is 0.142 e. The van der Waals surface area contributed by atoms with Crippen molar-refractivity contribution < 1.29 is 9.13 Å². The van der Waals surface area contributed by atoms with Crippen LogP contribution in [0.4, 0.5) is 4.39 Å². The molecule has 0 saturated heterocycles. The highest BCUT2D eigenvalue weighted by atomic mass is 35.5. The average Bonchev–Trinajstić information content (AvgIpc) is 2.42. The second-order valence-electron chi connectivity index (χ2n) is 4.16. The molecule has 0 radical (unpaired) electrons. The van der Waals surface area contributed by atoms with Gasteiger partial charge in [-0.3, -0.25) is 0 Å². The van der Waals surface area contributed by atoms with Crippen LogP contribution in [0.25, 0.3) is 0 Å². The largest absolute Gasteiger partial charge is 0.497 e. The van der Waals surface area contributed by atoms with E-state index in [-0.39, 0.29) is 10.4 Å². The van der Waals surface area contributed by atoms with Crippen molar-refractivity contribution in [3.63, 3.8) is 0 Å². The molecule has 0 spiro atoms. The summed E-state index contributed by atoms with van der Waals surface area (Å²) in [6.07, 6.45) is 0.578. The van der Waals surface area contributed by atoms with Gasteiger partial charge in [0.1, 0.15) is 11.6 Å². The minimum absolute atomic E-state index is 0.0935. The highest BCUT2D eigenvalue weighted by Crippen LogP contribution is 2.32. The molecule has 0 saturated carbocycles. The third kappa shape index (κ3) is 3.40. The summed E-state index contributed by atoms with van der Waals surface area (Å²) >= 11 is 12.2. The zero-order valence-corrected chi connectivity index (χ0v) is 11.9. The van der Waals surface area contributed by atoms with Crippen LogP contribution in [0.2, 0.25) is 5.02 Å². The minimum Gasteiger partial charge on any atom is -0.497 e. The first kappa shape index (κ1) is 14.2. The van der Waals surface area contributed by atoms with E-state index in [0.29, 0.717) is 12.0 Å². The highest BCUT2D eigenvalue weighted by molar-refractivity contribution is 6.33. The molecule has 0 aliphatic heterocycles. The van der Waals surface area contributed by atoms with Gasteiger partial charge in [-0.05, 0) is 35.7 Å². The number of alkyl halides is 1. The number of methoxy groups -OCH3 is 1. The fourth-order valence-corrected chi connectivity index (χ4v) is 2.51. The van der Waals surface area contributed by atoms with E-state index < -0.39 is 5.82 Å². The first-order chi connectivity index (χ1) is 9.11. The van der Waals surface area contributed by atoms with Crippen LogP contribution in [-0.4, -0.2) is 7.11 Å². The molecule has 0 N–H and O–H groups in total. The summed E-state index contributed by atoms with van der Waals surface area (Å²) < 4.78 is 18.5. The van der Waals surface area contributed by atoms with E-state index in [2.05, 4.69) is 0 Å². The highest BCUT2D eigenvalue weighted by Gasteiger charge is 2.15. The van der Waals surface area contributed by atoms with Gasteiger partial charge in [0.15, 0.2) is 0 Å². The number of rotatable bonds is 4. The molecule has 2 aromatic carbocycles. The van der Waals surface area contributed by atoms with Crippen LogP contribution >= 0.6 is 23.2 Å². The molecule has 4 heteroatoms. The third-order valence-corrected chi connectivity index (χ3v) is 3.68. The second kappa shape index (κ2) is 6.27. The third-order valence-electron chi connectivity index (χ3n) is 2.89. The lowest BCUT2D eigenvalue weighted by Crippen LogP contribution is -1.98. The summed E-state index contributed by atoms with van der Waals surface area (Å²) in [5.74, 6) is 0.346. The van der Waals surface area contributed by atoms with Crippen molar-refractivity contribution in [2.24, 2.45) is 0 Å². The molecule has 1 unspecified atom stereocenters. The van der Waals surface area contributed by atoms with E-state index >= 15 is 0 Å². The van der Waals surface area contributed by atoms with E-state index in [9.17, 15) is 4.39 Å². The molecule has 0 aromatic heterocycles. The smallest absolute Gasteiger partial charge is 0.142 e. The van der Waals surface area contributed by atoms with Gasteiger partial charge in [0.2, 0.25) is 0 Å². The van der Waals surface area contributed by atoms with E-state index in [1.165, 1.54) is 6.07 Å². The fraction of sp³-hybridized carbons (Fsp3) is 0.200. The molecule has 0 aliphatic carbocycles. The lowest BCUT2D eigenvalue weighted by atomic mass is 10.0. The Kier molecular flexibility index (Phi) is 4.67. The molecule has 0 heterocycles. The van der Waals surface area contributed by atoms with Gasteiger partial charge in [-0.1, -0.05) is 35.9 Å². The first-order valence-corrected chi connectivity index (χ1v) is 6.64. The zero-order valence-electron chi connectivity index (χ0n) is 10.4. The van der Waals surface area contributed by atoms with Gasteiger partial charge >= 0.3 is 0 Å². The molecule has 0 aliphatic rings. The molecule has 0 fully saturated rings. The van der Waals surface area contributed by atoms with Gasteiger partial charge < -0.3 is 4.74 Å². The Bertz CT molecular complexity index is 555. The van der Waals surface area contributed by atoms with Gasteiger partial charge in [-0.15, -0.1) is 11.6 Å². The Balaban J connectivity index is 2.15. The number of hydrogen-bond acceptors (Lipinski definition) is 1. The normalized spacial score (nSPS) is 12.2. The van der Waals surface area contributed by atoms with E-state index in [1.54, 1.807) is 19.2 Å². The van der Waals surface area contributed by atoms with Gasteiger partial charge in [-0.25, -0.2) is 4.39 Å². The number of halogens is 3. The Morgan fingerprint density at radius 2 is 1.84 bits per heavy atom. The van der Waals surface area contributed by atoms with Crippen LogP contribution in [0.3, 0.4) is 0 Å². The predicted molar refractivity (Wildman–Crippen MR) is 76.7 cm³/mol. The standard InChI is InChI=1S/C15H13Cl2FO/c1-19-11-7-5-10(6-8-11)9-13(16)12-3-2-4-14(18)15(12)17/h2-8,13H,9H2,1H3. The molecule has 1 nitrogen and oxygen atoms in total. The Hall–Kier alpha value is -1.25. The minimum atomic E-state index is -0.445. The Labute approximate surface area is 121 Å². The van der Waals surface area contributed by atoms with Crippen molar-refractivity contribution >= 4 is 23.2 Å². The second-order valence-corrected chi connectivity index (χ2v) is 5.07. The molecule has 2 rings (SSSR count). The predicted octanol–water partition coefficient (Wildman–Crippen LogP) is 5.01. The SMILES string of the molecule is COc1ccc(CC(Cl)c2cccc(F)c2Cl)cc1. The molecular weight excluding hydrogens is 286 g/mol. The van der Waals surface area contributed by atoms with Gasteiger partial charge in [0, 0.05) is 0 Å². The van der Waals surface area contributed by atoms with Crippen LogP contribution in [-0.2, 0) is 6.42 Å². The summed E-state index contributed by atoms with van der Waals surface area (Å²) in [5.41, 5.74) is 1.65. The molecule has 0 amide bonds. The van der Waals surface area contributed by atoms with E-state index in [4.69, 9.17) is 27.9 Å². The van der Waals surface area contributed by atoms with E-state index in [0.717, 1.165) is 11.3 Å². The first-order valence-electron chi connectivity index (χ1n) is 5.82. The van der Waals surface area contributed by atoms with Crippen molar-refractivity contribution in [1.29, 1.82) is 0 Å². The summed E-state index contributed by atoms with van der Waals surface area (Å²) in [5, 5.41) is -0.271. The van der Waals surface area contributed by atoms with Crippen LogP contribution in [0.5, 0.6) is 5.75 Å². The summed E-state index contributed by atoms with van der Waals surface area (Å²) in [7, 11) is 1.62. The quantitative estimate of drug-likeness (QED) is 0.721. The molecular formula is C15H13Cl2FO. The lowest BCUT2D eigenvalue weighted by molar-refractivity contribution is 0.414. The van der Waals surface area contributed by atoms with E-state index in [1.807, 2.05) is 24.3 Å². The van der Waals surface area contributed by atoms with Crippen LogP contribution < -0.4 is 4.74 Å². The molecule has 2 aromatic rings.